The normalized spacial score (nSPS) is 10.1. The average Bonchev–Trinajstić information content (AvgIpc) is 1.99. The fourth-order valence-electron chi connectivity index (χ4n) is 1.48. The van der Waals surface area contributed by atoms with Crippen molar-refractivity contribution in [3.05, 3.63) is 40.3 Å². The van der Waals surface area contributed by atoms with Gasteiger partial charge in [-0.2, -0.15) is 54.7 Å². The monoisotopic (exact) mass is 263 g/mol. The summed E-state index contributed by atoms with van der Waals surface area (Å²) < 4.78 is 0. The van der Waals surface area contributed by atoms with Crippen LogP contribution in [0.2, 0.25) is 0 Å². The Labute approximate surface area is 113 Å². The van der Waals surface area contributed by atoms with E-state index in [0.29, 0.717) is 0 Å². The van der Waals surface area contributed by atoms with Gasteiger partial charge < -0.3 is 5.92 Å². The minimum absolute atomic E-state index is 0. The molecule has 0 aromatic heterocycles. The first-order valence-electron chi connectivity index (χ1n) is 4.78. The van der Waals surface area contributed by atoms with Crippen molar-refractivity contribution in [2.75, 3.05) is 0 Å². The van der Waals surface area contributed by atoms with E-state index >= 15 is 0 Å². The van der Waals surface area contributed by atoms with Gasteiger partial charge in [0.05, 0.1) is 0 Å². The third kappa shape index (κ3) is 3.83. The van der Waals surface area contributed by atoms with E-state index < -0.39 is 0 Å². The first kappa shape index (κ1) is 14.3. The summed E-state index contributed by atoms with van der Waals surface area (Å²) in [7, 11) is 0. The Balaban J connectivity index is 0.00000169. The molecule has 0 nitrogen and oxygen atoms in total. The predicted octanol–water partition coefficient (Wildman–Crippen LogP) is 3.57. The van der Waals surface area contributed by atoms with E-state index in [1.807, 2.05) is 0 Å². The maximum atomic E-state index is 3.45. The van der Waals surface area contributed by atoms with Gasteiger partial charge in [0.1, 0.15) is 0 Å². The van der Waals surface area contributed by atoms with Crippen LogP contribution >= 0.6 is 0 Å². The molecule has 0 unspecified atom stereocenters. The Bertz CT molecular complexity index is 300. The van der Waals surface area contributed by atoms with Crippen LogP contribution in [0.3, 0.4) is 0 Å². The van der Waals surface area contributed by atoms with Crippen molar-refractivity contribution < 1.29 is 32.7 Å². The molecule has 0 fully saturated rings. The molecule has 75 valence electrons. The molecule has 14 heavy (non-hydrogen) atoms. The van der Waals surface area contributed by atoms with Crippen LogP contribution in [0.4, 0.5) is 0 Å². The van der Waals surface area contributed by atoms with Crippen LogP contribution in [-0.2, 0) is 39.1 Å². The maximum Gasteiger partial charge on any atom is 0 e. The summed E-state index contributed by atoms with van der Waals surface area (Å²) in [6, 6.07) is 5.71. The molecule has 1 radical (unpaired) electrons. The Hall–Kier alpha value is 0.324. The van der Waals surface area contributed by atoms with Crippen molar-refractivity contribution in [2.45, 2.75) is 41.0 Å². The van der Waals surface area contributed by atoms with E-state index in [9.17, 15) is 0 Å². The number of rotatable bonds is 2. The van der Waals surface area contributed by atoms with Crippen molar-refractivity contribution in [2.24, 2.45) is 0 Å². The van der Waals surface area contributed by atoms with Crippen LogP contribution in [0.25, 0.3) is 0 Å². The van der Waals surface area contributed by atoms with Crippen molar-refractivity contribution in [1.82, 2.24) is 0 Å². The molecule has 0 saturated carbocycles. The molecule has 1 aromatic rings. The number of hydrogen-bond donors (Lipinski definition) is 0. The minimum atomic E-state index is 0. The van der Waals surface area contributed by atoms with Crippen molar-refractivity contribution in [3.63, 3.8) is 0 Å². The topological polar surface area (TPSA) is 0 Å². The van der Waals surface area contributed by atoms with Crippen LogP contribution < -0.4 is 0 Å². The van der Waals surface area contributed by atoms with Gasteiger partial charge in [-0.15, -0.1) is 0 Å². The summed E-state index contributed by atoms with van der Waals surface area (Å²) >= 11 is 0. The van der Waals surface area contributed by atoms with Crippen molar-refractivity contribution in [1.29, 1.82) is 0 Å². The summed E-state index contributed by atoms with van der Waals surface area (Å²) in [4.78, 5) is 0. The molecule has 0 aliphatic carbocycles. The second-order valence-corrected chi connectivity index (χ2v) is 4.12. The van der Waals surface area contributed by atoms with Gasteiger partial charge in [0, 0.05) is 32.7 Å². The van der Waals surface area contributed by atoms with E-state index in [0.717, 1.165) is 6.42 Å². The summed E-state index contributed by atoms with van der Waals surface area (Å²) in [6.45, 7) is 10.8. The fraction of sp³-hybridized carbons (Fsp3) is 0.462. The first-order valence-corrected chi connectivity index (χ1v) is 4.78. The van der Waals surface area contributed by atoms with Crippen LogP contribution in [0, 0.1) is 32.8 Å². The molecular weight excluding hydrogens is 245 g/mol. The molecule has 0 spiro atoms. The first-order chi connectivity index (χ1) is 6.00. The van der Waals surface area contributed by atoms with Gasteiger partial charge in [-0.25, -0.2) is 0 Å². The van der Waals surface area contributed by atoms with E-state index in [2.05, 4.69) is 46.8 Å². The predicted molar refractivity (Wildman–Crippen MR) is 57.8 cm³/mol. The summed E-state index contributed by atoms with van der Waals surface area (Å²) in [5.74, 6) is 1.45. The number of aryl methyl sites for hydroxylation is 3. The zero-order valence-corrected chi connectivity index (χ0v) is 12.7. The smallest absolute Gasteiger partial charge is 0 e. The fourth-order valence-corrected chi connectivity index (χ4v) is 1.48. The van der Waals surface area contributed by atoms with E-state index in [-0.39, 0.29) is 32.7 Å². The van der Waals surface area contributed by atoms with Gasteiger partial charge >= 0.3 is 0 Å². The Kier molecular flexibility index (Phi) is 6.17. The molecule has 0 amide bonds. The molecule has 0 saturated heterocycles. The van der Waals surface area contributed by atoms with Crippen LogP contribution in [0.5, 0.6) is 0 Å². The Morgan fingerprint density at radius 1 is 1.14 bits per heavy atom. The average molecular weight is 263 g/mol. The molecule has 0 N–H and O–H groups in total. The summed E-state index contributed by atoms with van der Waals surface area (Å²) in [6.07, 6.45) is 1.06. The van der Waals surface area contributed by atoms with Gasteiger partial charge in [-0.05, 0) is 0 Å². The third-order valence-corrected chi connectivity index (χ3v) is 2.37. The molecule has 1 heteroatoms. The number of benzene rings is 1. The SMILES string of the molecule is Cc1[c-]c(C[C-](C)C)c(C)cc1C.[Y]. The molecule has 1 aromatic carbocycles. The van der Waals surface area contributed by atoms with Gasteiger partial charge in [-0.3, -0.25) is 0 Å². The van der Waals surface area contributed by atoms with Crippen molar-refractivity contribution >= 4 is 0 Å². The Morgan fingerprint density at radius 2 is 1.71 bits per heavy atom. The molecule has 0 heterocycles. The Morgan fingerprint density at radius 3 is 2.21 bits per heavy atom. The van der Waals surface area contributed by atoms with Gasteiger partial charge in [-0.1, -0.05) is 20.8 Å². The van der Waals surface area contributed by atoms with Crippen molar-refractivity contribution in [3.8, 4) is 0 Å². The molecule has 0 bridgehead atoms. The van der Waals surface area contributed by atoms with Crippen LogP contribution in [0.1, 0.15) is 36.1 Å². The van der Waals surface area contributed by atoms with E-state index in [4.69, 9.17) is 0 Å². The van der Waals surface area contributed by atoms with Crippen LogP contribution in [0.15, 0.2) is 6.07 Å². The zero-order chi connectivity index (χ0) is 10.0. The van der Waals surface area contributed by atoms with E-state index in [1.54, 1.807) is 0 Å². The van der Waals surface area contributed by atoms with E-state index in [1.165, 1.54) is 28.2 Å². The van der Waals surface area contributed by atoms with Gasteiger partial charge in [0.2, 0.25) is 0 Å². The number of hydrogen-bond acceptors (Lipinski definition) is 0. The summed E-state index contributed by atoms with van der Waals surface area (Å²) in [5.41, 5.74) is 5.34. The molecule has 1 rings (SSSR count). The second-order valence-electron chi connectivity index (χ2n) is 4.12. The maximum absolute atomic E-state index is 3.45. The van der Waals surface area contributed by atoms with Crippen LogP contribution in [-0.4, -0.2) is 0 Å². The minimum Gasteiger partial charge on any atom is -0.317 e. The van der Waals surface area contributed by atoms with Gasteiger partial charge in [0.25, 0.3) is 0 Å². The molecule has 0 atom stereocenters. The zero-order valence-electron chi connectivity index (χ0n) is 9.86. The molecular formula is C13H18Y-2. The molecule has 0 aliphatic rings. The quantitative estimate of drug-likeness (QED) is 0.715. The largest absolute Gasteiger partial charge is 0.317 e. The standard InChI is InChI=1S/C13H18.Y/c1-9(2)6-13-8-11(4)10(3)7-12(13)5;/h7H,6H2,1-5H3;/q-2;. The summed E-state index contributed by atoms with van der Waals surface area (Å²) in [5, 5.41) is 0. The van der Waals surface area contributed by atoms with Gasteiger partial charge in [0.15, 0.2) is 0 Å². The molecule has 0 aliphatic heterocycles. The third-order valence-electron chi connectivity index (χ3n) is 2.37. The second kappa shape index (κ2) is 6.03.